The number of benzene rings is 2. The van der Waals surface area contributed by atoms with Crippen molar-refractivity contribution in [1.82, 2.24) is 10.3 Å². The fourth-order valence-electron chi connectivity index (χ4n) is 4.51. The van der Waals surface area contributed by atoms with Gasteiger partial charge in [0.2, 0.25) is 5.91 Å². The van der Waals surface area contributed by atoms with Gasteiger partial charge < -0.3 is 25.1 Å². The van der Waals surface area contributed by atoms with Gasteiger partial charge in [-0.3, -0.25) is 4.79 Å². The summed E-state index contributed by atoms with van der Waals surface area (Å²) in [7, 11) is 1.65. The molecule has 2 atom stereocenters. The van der Waals surface area contributed by atoms with Crippen LogP contribution in [0.1, 0.15) is 45.4 Å². The quantitative estimate of drug-likeness (QED) is 0.334. The Morgan fingerprint density at radius 3 is 2.62 bits per heavy atom. The maximum Gasteiger partial charge on any atom is 0.296 e. The minimum atomic E-state index is -0.428. The molecule has 3 aromatic rings. The highest BCUT2D eigenvalue weighted by molar-refractivity contribution is 6.34. The summed E-state index contributed by atoms with van der Waals surface area (Å²) < 4.78 is 11.0. The molecule has 0 bridgehead atoms. The Kier molecular flexibility index (Phi) is 8.16. The molecule has 1 saturated carbocycles. The third-order valence-electron chi connectivity index (χ3n) is 6.36. The Labute approximate surface area is 205 Å². The summed E-state index contributed by atoms with van der Waals surface area (Å²) in [6, 6.07) is 13.1. The molecule has 3 N–H and O–H groups in total. The van der Waals surface area contributed by atoms with Crippen molar-refractivity contribution < 1.29 is 13.9 Å². The molecule has 8 heteroatoms. The molecule has 0 aliphatic heterocycles. The minimum absolute atomic E-state index is 0.0517. The molecule has 0 radical (unpaired) electrons. The van der Waals surface area contributed by atoms with Gasteiger partial charge in [-0.15, -0.1) is 0 Å². The molecule has 0 spiro atoms. The molecule has 1 amide bonds. The van der Waals surface area contributed by atoms with Crippen molar-refractivity contribution in [1.29, 1.82) is 0 Å². The van der Waals surface area contributed by atoms with Crippen molar-refractivity contribution in [2.75, 3.05) is 24.3 Å². The minimum Gasteiger partial charge on any atom is -0.497 e. The first-order chi connectivity index (χ1) is 16.5. The third kappa shape index (κ3) is 6.35. The molecule has 7 nitrogen and oxygen atoms in total. The Bertz CT molecular complexity index is 1080. The fourth-order valence-corrected chi connectivity index (χ4v) is 4.72. The first-order valence-corrected chi connectivity index (χ1v) is 12.4. The number of halogens is 1. The maximum atomic E-state index is 13.2. The summed E-state index contributed by atoms with van der Waals surface area (Å²) in [6.07, 6.45) is 6.78. The zero-order valence-corrected chi connectivity index (χ0v) is 20.5. The highest BCUT2D eigenvalue weighted by Crippen LogP contribution is 2.30. The molecule has 1 aromatic heterocycles. The van der Waals surface area contributed by atoms with E-state index < -0.39 is 6.04 Å². The maximum absolute atomic E-state index is 13.2. The SMILES string of the molecule is COc1ccc(NC(C)CNC(=O)[C@H](CC2CCCCC2)Nc2nc3cccc(Cl)c3o2)cc1. The summed E-state index contributed by atoms with van der Waals surface area (Å²) in [5.74, 6) is 1.27. The molecule has 34 heavy (non-hydrogen) atoms. The highest BCUT2D eigenvalue weighted by atomic mass is 35.5. The molecule has 1 heterocycles. The van der Waals surface area contributed by atoms with E-state index in [2.05, 4.69) is 20.9 Å². The van der Waals surface area contributed by atoms with Crippen LogP contribution in [-0.2, 0) is 4.79 Å². The van der Waals surface area contributed by atoms with E-state index in [0.29, 0.717) is 34.6 Å². The summed E-state index contributed by atoms with van der Waals surface area (Å²) in [5, 5.41) is 10.3. The second-order valence-corrected chi connectivity index (χ2v) is 9.47. The Balaban J connectivity index is 1.39. The monoisotopic (exact) mass is 484 g/mol. The molecule has 2 aromatic carbocycles. The Hall–Kier alpha value is -2.93. The van der Waals surface area contributed by atoms with Crippen LogP contribution in [0.4, 0.5) is 11.7 Å². The van der Waals surface area contributed by atoms with E-state index in [0.717, 1.165) is 30.7 Å². The lowest BCUT2D eigenvalue weighted by molar-refractivity contribution is -0.122. The highest BCUT2D eigenvalue weighted by Gasteiger charge is 2.26. The van der Waals surface area contributed by atoms with Gasteiger partial charge in [0.1, 0.15) is 17.3 Å². The van der Waals surface area contributed by atoms with E-state index in [9.17, 15) is 4.79 Å². The van der Waals surface area contributed by atoms with Crippen LogP contribution in [0.15, 0.2) is 46.9 Å². The van der Waals surface area contributed by atoms with Gasteiger partial charge in [0.05, 0.1) is 12.1 Å². The van der Waals surface area contributed by atoms with Gasteiger partial charge in [-0.1, -0.05) is 49.8 Å². The fraction of sp³-hybridized carbons (Fsp3) is 0.462. The van der Waals surface area contributed by atoms with E-state index in [-0.39, 0.29) is 11.9 Å². The number of rotatable bonds is 10. The van der Waals surface area contributed by atoms with Crippen molar-refractivity contribution in [3.63, 3.8) is 0 Å². The number of nitrogens with zero attached hydrogens (tertiary/aromatic N) is 1. The van der Waals surface area contributed by atoms with Crippen molar-refractivity contribution in [3.05, 3.63) is 47.5 Å². The van der Waals surface area contributed by atoms with Crippen LogP contribution >= 0.6 is 11.6 Å². The van der Waals surface area contributed by atoms with Gasteiger partial charge in [-0.25, -0.2) is 0 Å². The lowest BCUT2D eigenvalue weighted by Gasteiger charge is -2.26. The molecular formula is C26H33ClN4O3. The number of carbonyl (C=O) groups is 1. The van der Waals surface area contributed by atoms with Crippen LogP contribution in [0, 0.1) is 5.92 Å². The van der Waals surface area contributed by atoms with Crippen molar-refractivity contribution in [2.24, 2.45) is 5.92 Å². The predicted molar refractivity (Wildman–Crippen MR) is 137 cm³/mol. The standard InChI is InChI=1S/C26H33ClN4O3/c1-17(29-19-11-13-20(33-2)14-12-19)16-28-25(32)23(15-18-7-4-3-5-8-18)31-26-30-22-10-6-9-21(27)24(22)34-26/h6,9-14,17-18,23,29H,3-5,7-8,15-16H2,1-2H3,(H,28,32)(H,30,31)/t17?,23-/m0/s1. The normalized spacial score (nSPS) is 16.1. The van der Waals surface area contributed by atoms with Crippen molar-refractivity contribution in [2.45, 2.75) is 57.5 Å². The molecule has 1 fully saturated rings. The number of aromatic nitrogens is 1. The average Bonchev–Trinajstić information content (AvgIpc) is 3.27. The molecule has 1 aliphatic rings. The number of nitrogens with one attached hydrogen (secondary N) is 3. The Morgan fingerprint density at radius 1 is 1.15 bits per heavy atom. The number of hydrogen-bond acceptors (Lipinski definition) is 6. The van der Waals surface area contributed by atoms with Gasteiger partial charge in [-0.2, -0.15) is 4.98 Å². The lowest BCUT2D eigenvalue weighted by Crippen LogP contribution is -2.44. The largest absolute Gasteiger partial charge is 0.497 e. The smallest absolute Gasteiger partial charge is 0.296 e. The first kappa shape index (κ1) is 24.2. The summed E-state index contributed by atoms with van der Waals surface area (Å²) in [5.41, 5.74) is 2.17. The summed E-state index contributed by atoms with van der Waals surface area (Å²) in [4.78, 5) is 17.7. The van der Waals surface area contributed by atoms with Gasteiger partial charge in [0.25, 0.3) is 6.01 Å². The van der Waals surface area contributed by atoms with E-state index >= 15 is 0 Å². The van der Waals surface area contributed by atoms with Crippen molar-refractivity contribution in [3.8, 4) is 5.75 Å². The van der Waals surface area contributed by atoms with Gasteiger partial charge >= 0.3 is 0 Å². The lowest BCUT2D eigenvalue weighted by atomic mass is 9.84. The van der Waals surface area contributed by atoms with Crippen molar-refractivity contribution >= 4 is 40.3 Å². The zero-order valence-electron chi connectivity index (χ0n) is 19.8. The number of para-hydroxylation sites is 1. The van der Waals surface area contributed by atoms with E-state index in [1.54, 1.807) is 13.2 Å². The molecule has 1 unspecified atom stereocenters. The number of ether oxygens (including phenoxy) is 1. The summed E-state index contributed by atoms with van der Waals surface area (Å²) >= 11 is 6.24. The first-order valence-electron chi connectivity index (χ1n) is 12.0. The van der Waals surface area contributed by atoms with E-state index in [1.807, 2.05) is 43.3 Å². The number of fused-ring (bicyclic) bond motifs is 1. The molecule has 0 saturated heterocycles. The Morgan fingerprint density at radius 2 is 1.91 bits per heavy atom. The molecule has 4 rings (SSSR count). The van der Waals surface area contributed by atoms with Crippen LogP contribution in [-0.4, -0.2) is 36.6 Å². The van der Waals surface area contributed by atoms with Crippen LogP contribution in [0.2, 0.25) is 5.02 Å². The van der Waals surface area contributed by atoms with E-state index in [4.69, 9.17) is 20.8 Å². The number of anilines is 2. The molecule has 1 aliphatic carbocycles. The second kappa shape index (κ2) is 11.5. The van der Waals surface area contributed by atoms with Crippen LogP contribution in [0.3, 0.4) is 0 Å². The molecular weight excluding hydrogens is 452 g/mol. The zero-order chi connectivity index (χ0) is 23.9. The van der Waals surface area contributed by atoms with Crippen LogP contribution in [0.5, 0.6) is 5.75 Å². The number of carbonyl (C=O) groups excluding carboxylic acids is 1. The summed E-state index contributed by atoms with van der Waals surface area (Å²) in [6.45, 7) is 2.53. The number of oxazole rings is 1. The van der Waals surface area contributed by atoms with Gasteiger partial charge in [0, 0.05) is 18.3 Å². The number of hydrogen-bond donors (Lipinski definition) is 3. The number of amides is 1. The van der Waals surface area contributed by atoms with Crippen LogP contribution < -0.4 is 20.7 Å². The van der Waals surface area contributed by atoms with Gasteiger partial charge in [-0.05, 0) is 55.7 Å². The second-order valence-electron chi connectivity index (χ2n) is 9.06. The number of methoxy groups -OCH3 is 1. The van der Waals surface area contributed by atoms with Crippen LogP contribution in [0.25, 0.3) is 11.1 Å². The molecule has 182 valence electrons. The predicted octanol–water partition coefficient (Wildman–Crippen LogP) is 5.86. The van der Waals surface area contributed by atoms with E-state index in [1.165, 1.54) is 19.3 Å². The van der Waals surface area contributed by atoms with Gasteiger partial charge in [0.15, 0.2) is 5.58 Å². The third-order valence-corrected chi connectivity index (χ3v) is 6.66. The topological polar surface area (TPSA) is 88.4 Å². The average molecular weight is 485 g/mol.